The summed E-state index contributed by atoms with van der Waals surface area (Å²) >= 11 is 0. The second kappa shape index (κ2) is 12.7. The fraction of sp³-hybridized carbons (Fsp3) is 0.414. The molecular formula is C29H36N4O7. The summed E-state index contributed by atoms with van der Waals surface area (Å²) in [6.45, 7) is 4.44. The summed E-state index contributed by atoms with van der Waals surface area (Å²) in [5.74, 6) is 1.08. The van der Waals surface area contributed by atoms with Crippen LogP contribution in [0.1, 0.15) is 28.9 Å². The minimum atomic E-state index is -0.742. The molecule has 0 spiro atoms. The number of hydrogen-bond acceptors (Lipinski definition) is 8. The molecular weight excluding hydrogens is 516 g/mol. The summed E-state index contributed by atoms with van der Waals surface area (Å²) in [5.41, 5.74) is 2.13. The molecule has 0 aliphatic carbocycles. The summed E-state index contributed by atoms with van der Waals surface area (Å²) in [6, 6.07) is 11.3. The Hall–Kier alpha value is -4.25. The molecule has 0 radical (unpaired) electrons. The van der Waals surface area contributed by atoms with Crippen molar-refractivity contribution in [2.24, 2.45) is 0 Å². The van der Waals surface area contributed by atoms with Gasteiger partial charge in [-0.3, -0.25) is 14.6 Å². The van der Waals surface area contributed by atoms with E-state index in [-0.39, 0.29) is 18.5 Å². The first-order valence-electron chi connectivity index (χ1n) is 13.1. The van der Waals surface area contributed by atoms with Crippen LogP contribution in [0, 0.1) is 0 Å². The number of esters is 1. The van der Waals surface area contributed by atoms with Gasteiger partial charge in [-0.15, -0.1) is 0 Å². The second-order valence-corrected chi connectivity index (χ2v) is 9.44. The smallest absolute Gasteiger partial charge is 0.338 e. The van der Waals surface area contributed by atoms with E-state index in [9.17, 15) is 14.4 Å². The molecule has 2 heterocycles. The van der Waals surface area contributed by atoms with E-state index in [4.69, 9.17) is 18.9 Å². The Bertz CT molecular complexity index is 1290. The van der Waals surface area contributed by atoms with E-state index in [0.717, 1.165) is 0 Å². The van der Waals surface area contributed by atoms with Crippen molar-refractivity contribution in [2.45, 2.75) is 13.0 Å². The molecule has 1 atom stereocenters. The average molecular weight is 553 g/mol. The molecule has 1 saturated heterocycles. The third-order valence-electron chi connectivity index (χ3n) is 7.16. The van der Waals surface area contributed by atoms with E-state index in [1.807, 2.05) is 0 Å². The van der Waals surface area contributed by atoms with Crippen LogP contribution < -0.4 is 19.5 Å². The van der Waals surface area contributed by atoms with E-state index >= 15 is 0 Å². The van der Waals surface area contributed by atoms with E-state index in [2.05, 4.69) is 10.2 Å². The molecule has 11 nitrogen and oxygen atoms in total. The third-order valence-corrected chi connectivity index (χ3v) is 7.16. The minimum Gasteiger partial charge on any atom is -0.497 e. The van der Waals surface area contributed by atoms with Gasteiger partial charge in [0.15, 0.2) is 11.5 Å². The highest BCUT2D eigenvalue weighted by molar-refractivity contribution is 5.95. The van der Waals surface area contributed by atoms with Gasteiger partial charge in [0.2, 0.25) is 0 Å². The van der Waals surface area contributed by atoms with Crippen molar-refractivity contribution < 1.29 is 33.3 Å². The monoisotopic (exact) mass is 552 g/mol. The van der Waals surface area contributed by atoms with Gasteiger partial charge in [-0.1, -0.05) is 12.1 Å². The zero-order valence-corrected chi connectivity index (χ0v) is 23.6. The Kier molecular flexibility index (Phi) is 9.15. The van der Waals surface area contributed by atoms with Gasteiger partial charge in [-0.05, 0) is 42.8 Å². The van der Waals surface area contributed by atoms with E-state index in [1.165, 1.54) is 12.0 Å². The molecule has 0 saturated carbocycles. The molecule has 2 aliphatic heterocycles. The Balaban J connectivity index is 1.59. The van der Waals surface area contributed by atoms with Crippen molar-refractivity contribution in [3.05, 3.63) is 64.9 Å². The van der Waals surface area contributed by atoms with Crippen LogP contribution in [-0.2, 0) is 9.53 Å². The molecule has 40 heavy (non-hydrogen) atoms. The topological polar surface area (TPSA) is 110 Å². The Morgan fingerprint density at radius 1 is 0.950 bits per heavy atom. The maximum absolute atomic E-state index is 13.3. The molecule has 1 N–H and O–H groups in total. The second-order valence-electron chi connectivity index (χ2n) is 9.44. The summed E-state index contributed by atoms with van der Waals surface area (Å²) in [7, 11) is 6.28. The van der Waals surface area contributed by atoms with Gasteiger partial charge in [0.05, 0.1) is 39.6 Å². The normalized spacial score (nSPS) is 17.8. The van der Waals surface area contributed by atoms with Crippen LogP contribution in [0.5, 0.6) is 17.2 Å². The van der Waals surface area contributed by atoms with Crippen LogP contribution in [0.25, 0.3) is 0 Å². The van der Waals surface area contributed by atoms with Crippen molar-refractivity contribution in [2.75, 3.05) is 67.7 Å². The number of carbonyl (C=O) groups excluding carboxylic acids is 3. The molecule has 0 aromatic heterocycles. The number of amides is 3. The highest BCUT2D eigenvalue weighted by Crippen LogP contribution is 2.36. The maximum atomic E-state index is 13.3. The number of nitrogens with zero attached hydrogens (tertiary/aromatic N) is 3. The summed E-state index contributed by atoms with van der Waals surface area (Å²) in [6.07, 6.45) is 0. The number of ether oxygens (including phenoxy) is 4. The lowest BCUT2D eigenvalue weighted by atomic mass is 9.94. The molecule has 11 heteroatoms. The van der Waals surface area contributed by atoms with Crippen molar-refractivity contribution in [3.8, 4) is 17.2 Å². The lowest BCUT2D eigenvalue weighted by Crippen LogP contribution is -2.53. The van der Waals surface area contributed by atoms with Crippen LogP contribution in [0.2, 0.25) is 0 Å². The summed E-state index contributed by atoms with van der Waals surface area (Å²) in [5, 5.41) is 2.93. The van der Waals surface area contributed by atoms with Crippen molar-refractivity contribution >= 4 is 17.9 Å². The Morgan fingerprint density at radius 2 is 1.68 bits per heavy atom. The van der Waals surface area contributed by atoms with Gasteiger partial charge in [-0.25, -0.2) is 9.59 Å². The molecule has 1 fully saturated rings. The number of likely N-dealkylation sites (N-methyl/N-ethyl adjacent to an activating group) is 1. The van der Waals surface area contributed by atoms with Crippen LogP contribution in [0.3, 0.4) is 0 Å². The minimum absolute atomic E-state index is 0.0624. The number of hydrogen-bond donors (Lipinski definition) is 1. The third kappa shape index (κ3) is 5.99. The van der Waals surface area contributed by atoms with Gasteiger partial charge in [0.25, 0.3) is 5.91 Å². The first kappa shape index (κ1) is 28.8. The van der Waals surface area contributed by atoms with Gasteiger partial charge < -0.3 is 29.2 Å². The van der Waals surface area contributed by atoms with Crippen molar-refractivity contribution in [1.29, 1.82) is 0 Å². The predicted octanol–water partition coefficient (Wildman–Crippen LogP) is 2.68. The number of nitrogens with one attached hydrogen (secondary N) is 1. The quantitative estimate of drug-likeness (QED) is 0.473. The lowest BCUT2D eigenvalue weighted by Gasteiger charge is -2.39. The number of benzene rings is 2. The highest BCUT2D eigenvalue weighted by Gasteiger charge is 2.38. The molecule has 4 rings (SSSR count). The van der Waals surface area contributed by atoms with Crippen LogP contribution in [0.15, 0.2) is 53.7 Å². The Labute approximate surface area is 234 Å². The number of rotatable bonds is 9. The molecule has 214 valence electrons. The predicted molar refractivity (Wildman–Crippen MR) is 148 cm³/mol. The van der Waals surface area contributed by atoms with Gasteiger partial charge in [0, 0.05) is 51.0 Å². The number of methoxy groups -OCH3 is 3. The van der Waals surface area contributed by atoms with Crippen LogP contribution >= 0.6 is 0 Å². The molecule has 0 bridgehead atoms. The van der Waals surface area contributed by atoms with Gasteiger partial charge in [0.1, 0.15) is 5.75 Å². The fourth-order valence-corrected chi connectivity index (χ4v) is 4.94. The molecule has 2 aromatic carbocycles. The zero-order chi connectivity index (χ0) is 28.8. The zero-order valence-electron chi connectivity index (χ0n) is 23.6. The first-order chi connectivity index (χ1) is 19.3. The number of urea groups is 1. The van der Waals surface area contributed by atoms with Crippen molar-refractivity contribution in [3.63, 3.8) is 0 Å². The standard InChI is InChI=1S/C29H36N4O7/c1-6-40-28(35)25-22(31(2)29(36)30-26(25)19-10-11-23(38-4)24(17-19)39-5)18-32-12-14-33(15-13-32)27(34)20-8-7-9-21(16-20)37-3/h7-11,16-17,26H,6,12-15,18H2,1-5H3,(H,30,36)/t26-/m0/s1. The molecule has 2 aromatic rings. The number of carbonyl (C=O) groups is 3. The SMILES string of the molecule is CCOC(=O)C1=C(CN2CCN(C(=O)c3cccc(OC)c3)CC2)N(C)C(=O)N[C@H]1c1ccc(OC)c(OC)c1. The molecule has 0 unspecified atom stereocenters. The Morgan fingerprint density at radius 3 is 2.33 bits per heavy atom. The van der Waals surface area contributed by atoms with Crippen LogP contribution in [-0.4, -0.2) is 100 Å². The van der Waals surface area contributed by atoms with E-state index in [0.29, 0.717) is 72.4 Å². The van der Waals surface area contributed by atoms with Gasteiger partial charge >= 0.3 is 12.0 Å². The number of piperazine rings is 1. The van der Waals surface area contributed by atoms with E-state index in [1.54, 1.807) is 75.6 Å². The van der Waals surface area contributed by atoms with Gasteiger partial charge in [-0.2, -0.15) is 0 Å². The first-order valence-corrected chi connectivity index (χ1v) is 13.1. The molecule has 3 amide bonds. The summed E-state index contributed by atoms with van der Waals surface area (Å²) < 4.78 is 21.5. The molecule has 2 aliphatic rings. The average Bonchev–Trinajstić information content (AvgIpc) is 2.99. The maximum Gasteiger partial charge on any atom is 0.338 e. The fourth-order valence-electron chi connectivity index (χ4n) is 4.94. The van der Waals surface area contributed by atoms with Crippen molar-refractivity contribution in [1.82, 2.24) is 20.0 Å². The largest absolute Gasteiger partial charge is 0.497 e. The summed E-state index contributed by atoms with van der Waals surface area (Å²) in [4.78, 5) is 44.9. The lowest BCUT2D eigenvalue weighted by molar-refractivity contribution is -0.139. The highest BCUT2D eigenvalue weighted by atomic mass is 16.5. The van der Waals surface area contributed by atoms with Crippen LogP contribution in [0.4, 0.5) is 4.79 Å². The van der Waals surface area contributed by atoms with E-state index < -0.39 is 12.0 Å².